The molecule has 1 heterocycles. The minimum atomic E-state index is -0.240. The van der Waals surface area contributed by atoms with E-state index in [1.54, 1.807) is 42.5 Å². The first-order valence-corrected chi connectivity index (χ1v) is 7.53. The van der Waals surface area contributed by atoms with E-state index in [1.807, 2.05) is 18.2 Å². The highest BCUT2D eigenvalue weighted by Crippen LogP contribution is 2.22. The highest BCUT2D eigenvalue weighted by Gasteiger charge is 2.09. The second kappa shape index (κ2) is 6.99. The van der Waals surface area contributed by atoms with E-state index in [0.717, 1.165) is 5.56 Å². The number of carbonyl (C=O) groups excluding carboxylic acids is 1. The largest absolute Gasteiger partial charge is 0.356 e. The Balaban J connectivity index is 1.63. The maximum Gasteiger partial charge on any atom is 0.251 e. The van der Waals surface area contributed by atoms with Crippen LogP contribution in [0.5, 0.6) is 0 Å². The standard InChI is InChI=1S/C18H12ClN3O2/c19-15-7-5-13(6-8-15)17-9-16(22-24-17)11-21-18(23)14-3-1-12(10-20)2-4-14/h1-9H,11H2,(H,21,23). The van der Waals surface area contributed by atoms with E-state index in [-0.39, 0.29) is 12.5 Å². The third kappa shape index (κ3) is 3.62. The Morgan fingerprint density at radius 3 is 2.54 bits per heavy atom. The van der Waals surface area contributed by atoms with Crippen LogP contribution in [0.1, 0.15) is 21.6 Å². The number of nitrogens with one attached hydrogen (secondary N) is 1. The average Bonchev–Trinajstić information content (AvgIpc) is 3.09. The molecule has 0 aliphatic heterocycles. The summed E-state index contributed by atoms with van der Waals surface area (Å²) in [5.41, 5.74) is 2.46. The van der Waals surface area contributed by atoms with Gasteiger partial charge in [-0.15, -0.1) is 0 Å². The van der Waals surface area contributed by atoms with Crippen molar-refractivity contribution in [1.29, 1.82) is 5.26 Å². The maximum absolute atomic E-state index is 12.1. The molecule has 0 radical (unpaired) electrons. The molecule has 0 saturated carbocycles. The molecule has 3 rings (SSSR count). The molecule has 6 heteroatoms. The smallest absolute Gasteiger partial charge is 0.251 e. The lowest BCUT2D eigenvalue weighted by atomic mass is 10.1. The molecular weight excluding hydrogens is 326 g/mol. The Bertz CT molecular complexity index is 893. The molecule has 0 bridgehead atoms. The molecule has 118 valence electrons. The van der Waals surface area contributed by atoms with Gasteiger partial charge in [0.15, 0.2) is 5.76 Å². The molecule has 0 atom stereocenters. The molecule has 5 nitrogen and oxygen atoms in total. The van der Waals surface area contributed by atoms with Crippen LogP contribution in [0.15, 0.2) is 59.1 Å². The molecule has 1 aromatic heterocycles. The monoisotopic (exact) mass is 337 g/mol. The molecule has 0 aliphatic carbocycles. The van der Waals surface area contributed by atoms with Crippen LogP contribution in [0, 0.1) is 11.3 Å². The highest BCUT2D eigenvalue weighted by molar-refractivity contribution is 6.30. The van der Waals surface area contributed by atoms with Gasteiger partial charge >= 0.3 is 0 Å². The van der Waals surface area contributed by atoms with Crippen molar-refractivity contribution in [3.63, 3.8) is 0 Å². The van der Waals surface area contributed by atoms with E-state index >= 15 is 0 Å². The minimum absolute atomic E-state index is 0.240. The summed E-state index contributed by atoms with van der Waals surface area (Å²) in [4.78, 5) is 12.1. The van der Waals surface area contributed by atoms with E-state index in [4.69, 9.17) is 21.4 Å². The molecule has 0 saturated heterocycles. The van der Waals surface area contributed by atoms with Gasteiger partial charge in [0.05, 0.1) is 18.2 Å². The third-order valence-electron chi connectivity index (χ3n) is 3.39. The molecule has 1 N–H and O–H groups in total. The first-order chi connectivity index (χ1) is 11.7. The fraction of sp³-hybridized carbons (Fsp3) is 0.0556. The summed E-state index contributed by atoms with van der Waals surface area (Å²) in [6.45, 7) is 0.246. The van der Waals surface area contributed by atoms with Crippen LogP contribution < -0.4 is 5.32 Å². The van der Waals surface area contributed by atoms with Gasteiger partial charge in [-0.2, -0.15) is 5.26 Å². The van der Waals surface area contributed by atoms with Crippen LogP contribution in [0.2, 0.25) is 5.02 Å². The van der Waals surface area contributed by atoms with Crippen molar-refractivity contribution in [2.24, 2.45) is 0 Å². The van der Waals surface area contributed by atoms with Crippen molar-refractivity contribution >= 4 is 17.5 Å². The van der Waals surface area contributed by atoms with Gasteiger partial charge in [-0.05, 0) is 48.5 Å². The lowest BCUT2D eigenvalue weighted by molar-refractivity contribution is 0.0950. The minimum Gasteiger partial charge on any atom is -0.356 e. The number of carbonyl (C=O) groups is 1. The summed E-state index contributed by atoms with van der Waals surface area (Å²) < 4.78 is 5.28. The van der Waals surface area contributed by atoms with Gasteiger partial charge in [0.25, 0.3) is 5.91 Å². The van der Waals surface area contributed by atoms with E-state index in [1.165, 1.54) is 0 Å². The topological polar surface area (TPSA) is 78.9 Å². The Morgan fingerprint density at radius 1 is 1.17 bits per heavy atom. The molecule has 0 spiro atoms. The normalized spacial score (nSPS) is 10.2. The number of hydrogen-bond donors (Lipinski definition) is 1. The molecule has 0 aliphatic rings. The summed E-state index contributed by atoms with van der Waals surface area (Å²) in [5, 5.41) is 16.1. The fourth-order valence-corrected chi connectivity index (χ4v) is 2.24. The maximum atomic E-state index is 12.1. The third-order valence-corrected chi connectivity index (χ3v) is 3.65. The van der Waals surface area contributed by atoms with Crippen LogP contribution in [-0.4, -0.2) is 11.1 Å². The molecule has 0 fully saturated rings. The lowest BCUT2D eigenvalue weighted by Gasteiger charge is -2.02. The number of nitriles is 1. The van der Waals surface area contributed by atoms with Gasteiger partial charge in [0.1, 0.15) is 5.69 Å². The zero-order valence-electron chi connectivity index (χ0n) is 12.5. The van der Waals surface area contributed by atoms with Crippen LogP contribution in [0.3, 0.4) is 0 Å². The molecule has 2 aromatic carbocycles. The van der Waals surface area contributed by atoms with Gasteiger partial charge in [-0.3, -0.25) is 4.79 Å². The molecule has 24 heavy (non-hydrogen) atoms. The number of aromatic nitrogens is 1. The van der Waals surface area contributed by atoms with Gasteiger partial charge in [-0.25, -0.2) is 0 Å². The van der Waals surface area contributed by atoms with E-state index in [0.29, 0.717) is 27.6 Å². The Hall–Kier alpha value is -3.10. The predicted octanol–water partition coefficient (Wildman–Crippen LogP) is 3.80. The van der Waals surface area contributed by atoms with Gasteiger partial charge in [0, 0.05) is 22.2 Å². The Labute approximate surface area is 143 Å². The van der Waals surface area contributed by atoms with Crippen LogP contribution in [0.4, 0.5) is 0 Å². The van der Waals surface area contributed by atoms with Gasteiger partial charge in [0.2, 0.25) is 0 Å². The molecule has 3 aromatic rings. The number of halogens is 1. The summed E-state index contributed by atoms with van der Waals surface area (Å²) in [6.07, 6.45) is 0. The van der Waals surface area contributed by atoms with Crippen molar-refractivity contribution in [2.45, 2.75) is 6.54 Å². The van der Waals surface area contributed by atoms with Crippen molar-refractivity contribution in [1.82, 2.24) is 10.5 Å². The highest BCUT2D eigenvalue weighted by atomic mass is 35.5. The Morgan fingerprint density at radius 2 is 1.88 bits per heavy atom. The second-order valence-corrected chi connectivity index (χ2v) is 5.50. The fourth-order valence-electron chi connectivity index (χ4n) is 2.11. The number of nitrogens with zero attached hydrogens (tertiary/aromatic N) is 2. The van der Waals surface area contributed by atoms with Gasteiger partial charge in [-0.1, -0.05) is 16.8 Å². The summed E-state index contributed by atoms with van der Waals surface area (Å²) in [6, 6.07) is 17.4. The number of hydrogen-bond acceptors (Lipinski definition) is 4. The van der Waals surface area contributed by atoms with Crippen LogP contribution in [-0.2, 0) is 6.54 Å². The number of rotatable bonds is 4. The number of benzene rings is 2. The summed E-state index contributed by atoms with van der Waals surface area (Å²) >= 11 is 5.85. The first kappa shape index (κ1) is 15.8. The quantitative estimate of drug-likeness (QED) is 0.785. The molecule has 0 unspecified atom stereocenters. The zero-order chi connectivity index (χ0) is 16.9. The molecule has 1 amide bonds. The molecular formula is C18H12ClN3O2. The summed E-state index contributed by atoms with van der Waals surface area (Å²) in [5.74, 6) is 0.366. The van der Waals surface area contributed by atoms with Crippen molar-refractivity contribution in [3.8, 4) is 17.4 Å². The van der Waals surface area contributed by atoms with Crippen LogP contribution >= 0.6 is 11.6 Å². The second-order valence-electron chi connectivity index (χ2n) is 5.06. The van der Waals surface area contributed by atoms with Crippen LogP contribution in [0.25, 0.3) is 11.3 Å². The summed E-state index contributed by atoms with van der Waals surface area (Å²) in [7, 11) is 0. The SMILES string of the molecule is N#Cc1ccc(C(=O)NCc2cc(-c3ccc(Cl)cc3)on2)cc1. The lowest BCUT2D eigenvalue weighted by Crippen LogP contribution is -2.22. The number of amides is 1. The van der Waals surface area contributed by atoms with Gasteiger partial charge < -0.3 is 9.84 Å². The first-order valence-electron chi connectivity index (χ1n) is 7.15. The van der Waals surface area contributed by atoms with E-state index in [2.05, 4.69) is 10.5 Å². The Kier molecular flexibility index (Phi) is 4.59. The van der Waals surface area contributed by atoms with E-state index < -0.39 is 0 Å². The average molecular weight is 338 g/mol. The van der Waals surface area contributed by atoms with Crippen molar-refractivity contribution in [2.75, 3.05) is 0 Å². The van der Waals surface area contributed by atoms with Crippen molar-refractivity contribution < 1.29 is 9.32 Å². The predicted molar refractivity (Wildman–Crippen MR) is 89.3 cm³/mol. The van der Waals surface area contributed by atoms with Crippen molar-refractivity contribution in [3.05, 3.63) is 76.4 Å². The zero-order valence-corrected chi connectivity index (χ0v) is 13.2. The van der Waals surface area contributed by atoms with E-state index in [9.17, 15) is 4.79 Å².